The molecule has 3 heteroatoms. The van der Waals surface area contributed by atoms with Crippen LogP contribution in [0.3, 0.4) is 0 Å². The Balaban J connectivity index is 2.04. The largest absolute Gasteiger partial charge is 0.472 e. The smallest absolute Gasteiger partial charge is 0.0934 e. The lowest BCUT2D eigenvalue weighted by Gasteiger charge is -2.35. The summed E-state index contributed by atoms with van der Waals surface area (Å²) in [5.41, 5.74) is 1.35. The van der Waals surface area contributed by atoms with E-state index in [1.807, 2.05) is 6.07 Å². The SMILES string of the molecule is ClCC1(Cc2ccoc2)CCCOC1. The van der Waals surface area contributed by atoms with E-state index in [0.29, 0.717) is 5.88 Å². The van der Waals surface area contributed by atoms with Gasteiger partial charge in [0.05, 0.1) is 19.1 Å². The van der Waals surface area contributed by atoms with Crippen LogP contribution in [-0.2, 0) is 11.2 Å². The van der Waals surface area contributed by atoms with Gasteiger partial charge in [0.25, 0.3) is 0 Å². The number of hydrogen-bond acceptors (Lipinski definition) is 2. The number of hydrogen-bond donors (Lipinski definition) is 0. The molecule has 2 rings (SSSR count). The second kappa shape index (κ2) is 4.37. The van der Waals surface area contributed by atoms with Gasteiger partial charge >= 0.3 is 0 Å². The van der Waals surface area contributed by atoms with Gasteiger partial charge in [-0.3, -0.25) is 0 Å². The quantitative estimate of drug-likeness (QED) is 0.722. The van der Waals surface area contributed by atoms with Crippen LogP contribution in [0.25, 0.3) is 0 Å². The van der Waals surface area contributed by atoms with Gasteiger partial charge in [-0.15, -0.1) is 11.6 Å². The van der Waals surface area contributed by atoms with Crippen LogP contribution in [0, 0.1) is 5.41 Å². The summed E-state index contributed by atoms with van der Waals surface area (Å²) in [5, 5.41) is 0. The van der Waals surface area contributed by atoms with Gasteiger partial charge in [0.2, 0.25) is 0 Å². The average Bonchev–Trinajstić information content (AvgIpc) is 2.72. The molecule has 0 saturated carbocycles. The van der Waals surface area contributed by atoms with E-state index in [1.54, 1.807) is 12.5 Å². The molecular formula is C11H15ClO2. The van der Waals surface area contributed by atoms with Crippen LogP contribution in [0.5, 0.6) is 0 Å². The monoisotopic (exact) mass is 214 g/mol. The van der Waals surface area contributed by atoms with Gasteiger partial charge in [-0.05, 0) is 30.9 Å². The molecule has 0 N–H and O–H groups in total. The molecule has 1 aromatic heterocycles. The first kappa shape index (κ1) is 10.1. The zero-order chi connectivity index (χ0) is 9.86. The van der Waals surface area contributed by atoms with Crippen molar-refractivity contribution in [2.75, 3.05) is 19.1 Å². The average molecular weight is 215 g/mol. The first-order chi connectivity index (χ1) is 6.85. The highest BCUT2D eigenvalue weighted by atomic mass is 35.5. The third-order valence-electron chi connectivity index (χ3n) is 2.85. The van der Waals surface area contributed by atoms with E-state index < -0.39 is 0 Å². The van der Waals surface area contributed by atoms with E-state index in [9.17, 15) is 0 Å². The third kappa shape index (κ3) is 2.12. The minimum Gasteiger partial charge on any atom is -0.472 e. The molecule has 1 atom stereocenters. The van der Waals surface area contributed by atoms with Crippen molar-refractivity contribution in [1.82, 2.24) is 0 Å². The summed E-state index contributed by atoms with van der Waals surface area (Å²) >= 11 is 6.04. The van der Waals surface area contributed by atoms with Gasteiger partial charge < -0.3 is 9.15 Å². The summed E-state index contributed by atoms with van der Waals surface area (Å²) in [6.45, 7) is 1.66. The van der Waals surface area contributed by atoms with E-state index >= 15 is 0 Å². The Morgan fingerprint density at radius 1 is 1.50 bits per heavy atom. The maximum atomic E-state index is 6.04. The predicted octanol–water partition coefficient (Wildman–Crippen LogP) is 2.86. The van der Waals surface area contributed by atoms with Gasteiger partial charge in [-0.1, -0.05) is 0 Å². The van der Waals surface area contributed by atoms with Crippen LogP contribution in [0.4, 0.5) is 0 Å². The summed E-state index contributed by atoms with van der Waals surface area (Å²) in [6.07, 6.45) is 6.74. The fourth-order valence-corrected chi connectivity index (χ4v) is 2.33. The molecule has 1 aliphatic heterocycles. The molecule has 0 bridgehead atoms. The van der Waals surface area contributed by atoms with Gasteiger partial charge in [0, 0.05) is 17.9 Å². The molecule has 0 radical (unpaired) electrons. The van der Waals surface area contributed by atoms with E-state index in [-0.39, 0.29) is 5.41 Å². The number of furan rings is 1. The fraction of sp³-hybridized carbons (Fsp3) is 0.636. The zero-order valence-electron chi connectivity index (χ0n) is 8.17. The van der Waals surface area contributed by atoms with Gasteiger partial charge in [-0.25, -0.2) is 0 Å². The zero-order valence-corrected chi connectivity index (χ0v) is 8.93. The Bertz CT molecular complexity index is 263. The highest BCUT2D eigenvalue weighted by Crippen LogP contribution is 2.33. The first-order valence-corrected chi connectivity index (χ1v) is 5.53. The fourth-order valence-electron chi connectivity index (χ4n) is 2.03. The summed E-state index contributed by atoms with van der Waals surface area (Å²) in [6, 6.07) is 2.00. The van der Waals surface area contributed by atoms with Gasteiger partial charge in [0.15, 0.2) is 0 Å². The molecule has 0 aromatic carbocycles. The van der Waals surface area contributed by atoms with Crippen molar-refractivity contribution in [2.24, 2.45) is 5.41 Å². The molecule has 2 nitrogen and oxygen atoms in total. The maximum Gasteiger partial charge on any atom is 0.0934 e. The molecule has 1 fully saturated rings. The van der Waals surface area contributed by atoms with Crippen molar-refractivity contribution in [3.63, 3.8) is 0 Å². The van der Waals surface area contributed by atoms with Crippen LogP contribution in [0.2, 0.25) is 0 Å². The molecule has 2 heterocycles. The Kier molecular flexibility index (Phi) is 3.14. The lowest BCUT2D eigenvalue weighted by molar-refractivity contribution is 0.00472. The lowest BCUT2D eigenvalue weighted by atomic mass is 9.79. The lowest BCUT2D eigenvalue weighted by Crippen LogP contribution is -2.35. The minimum absolute atomic E-state index is 0.129. The number of ether oxygens (including phenoxy) is 1. The number of rotatable bonds is 3. The summed E-state index contributed by atoms with van der Waals surface area (Å²) < 4.78 is 10.6. The third-order valence-corrected chi connectivity index (χ3v) is 3.41. The van der Waals surface area contributed by atoms with E-state index in [0.717, 1.165) is 32.5 Å². The van der Waals surface area contributed by atoms with Crippen molar-refractivity contribution >= 4 is 11.6 Å². The minimum atomic E-state index is 0.129. The molecule has 1 aliphatic rings. The summed E-state index contributed by atoms with van der Waals surface area (Å²) in [7, 11) is 0. The van der Waals surface area contributed by atoms with Crippen LogP contribution in [0.1, 0.15) is 18.4 Å². The van der Waals surface area contributed by atoms with Crippen LogP contribution < -0.4 is 0 Å². The van der Waals surface area contributed by atoms with Crippen molar-refractivity contribution in [2.45, 2.75) is 19.3 Å². The summed E-state index contributed by atoms with van der Waals surface area (Å²) in [4.78, 5) is 0. The normalized spacial score (nSPS) is 27.8. The molecular weight excluding hydrogens is 200 g/mol. The molecule has 78 valence electrons. The van der Waals surface area contributed by atoms with Gasteiger partial charge in [0.1, 0.15) is 0 Å². The van der Waals surface area contributed by atoms with Crippen molar-refractivity contribution in [3.05, 3.63) is 24.2 Å². The van der Waals surface area contributed by atoms with Crippen LogP contribution >= 0.6 is 11.6 Å². The Morgan fingerprint density at radius 3 is 3.00 bits per heavy atom. The predicted molar refractivity (Wildman–Crippen MR) is 55.6 cm³/mol. The summed E-state index contributed by atoms with van der Waals surface area (Å²) in [5.74, 6) is 0.665. The second-order valence-electron chi connectivity index (χ2n) is 4.10. The van der Waals surface area contributed by atoms with Crippen molar-refractivity contribution in [3.8, 4) is 0 Å². The molecule has 14 heavy (non-hydrogen) atoms. The van der Waals surface area contributed by atoms with Crippen LogP contribution in [-0.4, -0.2) is 19.1 Å². The molecule has 1 aromatic rings. The first-order valence-electron chi connectivity index (χ1n) is 4.99. The van der Waals surface area contributed by atoms with E-state index in [2.05, 4.69) is 0 Å². The highest BCUT2D eigenvalue weighted by molar-refractivity contribution is 6.18. The second-order valence-corrected chi connectivity index (χ2v) is 4.37. The Labute approximate surface area is 89.2 Å². The number of halogens is 1. The highest BCUT2D eigenvalue weighted by Gasteiger charge is 2.32. The van der Waals surface area contributed by atoms with E-state index in [4.69, 9.17) is 20.8 Å². The van der Waals surface area contributed by atoms with Gasteiger partial charge in [-0.2, -0.15) is 0 Å². The molecule has 1 saturated heterocycles. The van der Waals surface area contributed by atoms with Crippen LogP contribution in [0.15, 0.2) is 23.0 Å². The maximum absolute atomic E-state index is 6.04. The Morgan fingerprint density at radius 2 is 2.43 bits per heavy atom. The topological polar surface area (TPSA) is 22.4 Å². The Hall–Kier alpha value is -0.470. The molecule has 0 aliphatic carbocycles. The standard InChI is InChI=1S/C11H15ClO2/c12-8-11(3-1-4-14-9-11)6-10-2-5-13-7-10/h2,5,7H,1,3-4,6,8-9H2. The molecule has 0 amide bonds. The van der Waals surface area contributed by atoms with E-state index in [1.165, 1.54) is 5.56 Å². The molecule has 0 spiro atoms. The van der Waals surface area contributed by atoms with Crippen molar-refractivity contribution in [1.29, 1.82) is 0 Å². The number of alkyl halides is 1. The molecule has 1 unspecified atom stereocenters. The van der Waals surface area contributed by atoms with Crippen molar-refractivity contribution < 1.29 is 9.15 Å².